The largest absolute Gasteiger partial charge is 0.345 e. The molecule has 8 heteroatoms. The maximum atomic E-state index is 14.9. The van der Waals surface area contributed by atoms with Crippen molar-refractivity contribution >= 4 is 34.5 Å². The first-order chi connectivity index (χ1) is 14.5. The van der Waals surface area contributed by atoms with E-state index < -0.39 is 23.0 Å². The molecule has 0 saturated carbocycles. The van der Waals surface area contributed by atoms with Crippen molar-refractivity contribution in [3.8, 4) is 11.1 Å². The number of benzene rings is 2. The summed E-state index contributed by atoms with van der Waals surface area (Å²) in [6.07, 6.45) is 2.96. The Bertz CT molecular complexity index is 1240. The summed E-state index contributed by atoms with van der Waals surface area (Å²) in [6.45, 7) is 1.88. The minimum Gasteiger partial charge on any atom is -0.345 e. The molecule has 0 unspecified atom stereocenters. The number of carbonyl (C=O) groups is 1. The molecule has 0 atom stereocenters. The van der Waals surface area contributed by atoms with E-state index in [1.807, 2.05) is 6.92 Å². The molecule has 0 aliphatic carbocycles. The van der Waals surface area contributed by atoms with Crippen LogP contribution in [0.3, 0.4) is 0 Å². The number of pyridine rings is 1. The number of halogens is 3. The number of ketones is 1. The van der Waals surface area contributed by atoms with Crippen molar-refractivity contribution in [3.63, 3.8) is 0 Å². The van der Waals surface area contributed by atoms with Crippen LogP contribution in [-0.2, 0) is 0 Å². The highest BCUT2D eigenvalue weighted by molar-refractivity contribution is 8.00. The SMILES string of the molecule is CCSNc1ccc(F)c(C(=O)c2c[nH]c3ncc(-c4ccc(F)cc4)cc23)c1F. The second-order valence-electron chi connectivity index (χ2n) is 6.48. The number of hydrogen-bond donors (Lipinski definition) is 2. The Balaban J connectivity index is 1.79. The van der Waals surface area contributed by atoms with Gasteiger partial charge in [-0.1, -0.05) is 31.0 Å². The first kappa shape index (κ1) is 20.0. The lowest BCUT2D eigenvalue weighted by Gasteiger charge is -2.10. The number of nitrogens with zero attached hydrogens (tertiary/aromatic N) is 1. The van der Waals surface area contributed by atoms with E-state index in [0.717, 1.165) is 6.07 Å². The van der Waals surface area contributed by atoms with Crippen LogP contribution in [0.5, 0.6) is 0 Å². The normalized spacial score (nSPS) is 11.1. The van der Waals surface area contributed by atoms with E-state index in [0.29, 0.717) is 27.9 Å². The second-order valence-corrected chi connectivity index (χ2v) is 7.55. The number of fused-ring (bicyclic) bond motifs is 1. The highest BCUT2D eigenvalue weighted by atomic mass is 32.2. The van der Waals surface area contributed by atoms with Crippen molar-refractivity contribution in [2.45, 2.75) is 6.92 Å². The smallest absolute Gasteiger partial charge is 0.201 e. The zero-order chi connectivity index (χ0) is 21.3. The molecular formula is C22H16F3N3OS. The van der Waals surface area contributed by atoms with E-state index in [4.69, 9.17) is 0 Å². The van der Waals surface area contributed by atoms with Gasteiger partial charge in [0.15, 0.2) is 5.82 Å². The molecule has 0 aliphatic rings. The highest BCUT2D eigenvalue weighted by Gasteiger charge is 2.24. The topological polar surface area (TPSA) is 57.8 Å². The summed E-state index contributed by atoms with van der Waals surface area (Å²) in [4.78, 5) is 20.2. The summed E-state index contributed by atoms with van der Waals surface area (Å²) in [7, 11) is 0. The van der Waals surface area contributed by atoms with Gasteiger partial charge in [-0.2, -0.15) is 0 Å². The van der Waals surface area contributed by atoms with Crippen molar-refractivity contribution in [1.82, 2.24) is 9.97 Å². The third kappa shape index (κ3) is 3.66. The third-order valence-electron chi connectivity index (χ3n) is 4.60. The first-order valence-electron chi connectivity index (χ1n) is 9.13. The number of H-pyrrole nitrogens is 1. The molecule has 2 heterocycles. The lowest BCUT2D eigenvalue weighted by molar-refractivity contribution is 0.103. The second kappa shape index (κ2) is 8.23. The Labute approximate surface area is 174 Å². The van der Waals surface area contributed by atoms with Crippen molar-refractivity contribution in [1.29, 1.82) is 0 Å². The summed E-state index contributed by atoms with van der Waals surface area (Å²) in [5.41, 5.74) is 1.25. The predicted molar refractivity (Wildman–Crippen MR) is 113 cm³/mol. The van der Waals surface area contributed by atoms with Crippen LogP contribution >= 0.6 is 11.9 Å². The molecule has 0 spiro atoms. The quantitative estimate of drug-likeness (QED) is 0.295. The lowest BCUT2D eigenvalue weighted by atomic mass is 10.00. The van der Waals surface area contributed by atoms with Gasteiger partial charge in [-0.05, 0) is 35.9 Å². The molecule has 4 aromatic rings. The van der Waals surface area contributed by atoms with Crippen molar-refractivity contribution < 1.29 is 18.0 Å². The molecule has 0 fully saturated rings. The van der Waals surface area contributed by atoms with Gasteiger partial charge >= 0.3 is 0 Å². The first-order valence-corrected chi connectivity index (χ1v) is 10.1. The van der Waals surface area contributed by atoms with Gasteiger partial charge in [0.2, 0.25) is 5.78 Å². The van der Waals surface area contributed by atoms with Crippen LogP contribution in [-0.4, -0.2) is 21.5 Å². The molecule has 2 aromatic heterocycles. The number of aromatic amines is 1. The van der Waals surface area contributed by atoms with Gasteiger partial charge in [0.25, 0.3) is 0 Å². The van der Waals surface area contributed by atoms with Gasteiger partial charge in [0, 0.05) is 34.7 Å². The summed E-state index contributed by atoms with van der Waals surface area (Å²) >= 11 is 1.24. The Morgan fingerprint density at radius 1 is 1.10 bits per heavy atom. The van der Waals surface area contributed by atoms with Crippen molar-refractivity contribution in [2.75, 3.05) is 10.5 Å². The number of nitrogens with one attached hydrogen (secondary N) is 2. The monoisotopic (exact) mass is 427 g/mol. The summed E-state index contributed by atoms with van der Waals surface area (Å²) in [5, 5.41) is 0.418. The van der Waals surface area contributed by atoms with E-state index in [1.165, 1.54) is 36.3 Å². The van der Waals surface area contributed by atoms with Gasteiger partial charge in [0.1, 0.15) is 17.3 Å². The summed E-state index contributed by atoms with van der Waals surface area (Å²) in [5.74, 6) is -2.38. The van der Waals surface area contributed by atoms with E-state index in [-0.39, 0.29) is 17.1 Å². The fourth-order valence-electron chi connectivity index (χ4n) is 3.12. The van der Waals surface area contributed by atoms with Crippen LogP contribution in [0, 0.1) is 17.5 Å². The molecular weight excluding hydrogens is 411 g/mol. The Morgan fingerprint density at radius 2 is 1.87 bits per heavy atom. The van der Waals surface area contributed by atoms with Crippen molar-refractivity contribution in [3.05, 3.63) is 83.4 Å². The van der Waals surface area contributed by atoms with Crippen LogP contribution in [0.1, 0.15) is 22.8 Å². The molecule has 0 bridgehead atoms. The molecule has 0 radical (unpaired) electrons. The summed E-state index contributed by atoms with van der Waals surface area (Å²) in [6, 6.07) is 9.82. The van der Waals surface area contributed by atoms with Gasteiger partial charge < -0.3 is 9.71 Å². The van der Waals surface area contributed by atoms with E-state index >= 15 is 0 Å². The number of carbonyl (C=O) groups excluding carboxylic acids is 1. The Hall–Kier alpha value is -3.26. The minimum atomic E-state index is -0.946. The van der Waals surface area contributed by atoms with Gasteiger partial charge in [0.05, 0.1) is 11.3 Å². The average Bonchev–Trinajstić information content (AvgIpc) is 3.17. The fourth-order valence-corrected chi connectivity index (χ4v) is 3.57. The zero-order valence-corrected chi connectivity index (χ0v) is 16.6. The van der Waals surface area contributed by atoms with Crippen LogP contribution in [0.4, 0.5) is 18.9 Å². The van der Waals surface area contributed by atoms with Gasteiger partial charge in [-0.15, -0.1) is 0 Å². The highest BCUT2D eigenvalue weighted by Crippen LogP contribution is 2.30. The molecule has 30 heavy (non-hydrogen) atoms. The Kier molecular flexibility index (Phi) is 5.50. The number of aromatic nitrogens is 2. The molecule has 0 saturated heterocycles. The summed E-state index contributed by atoms with van der Waals surface area (Å²) < 4.78 is 45.3. The van der Waals surface area contributed by atoms with Crippen LogP contribution in [0.15, 0.2) is 54.9 Å². The molecule has 0 aliphatic heterocycles. The average molecular weight is 427 g/mol. The van der Waals surface area contributed by atoms with E-state index in [1.54, 1.807) is 24.4 Å². The van der Waals surface area contributed by atoms with E-state index in [2.05, 4.69) is 14.7 Å². The van der Waals surface area contributed by atoms with Gasteiger partial charge in [-0.25, -0.2) is 18.2 Å². The lowest BCUT2D eigenvalue weighted by Crippen LogP contribution is -2.09. The number of hydrogen-bond acceptors (Lipinski definition) is 4. The van der Waals surface area contributed by atoms with E-state index in [9.17, 15) is 18.0 Å². The molecule has 4 nitrogen and oxygen atoms in total. The minimum absolute atomic E-state index is 0.0385. The maximum Gasteiger partial charge on any atom is 0.201 e. The Morgan fingerprint density at radius 3 is 2.60 bits per heavy atom. The molecule has 0 amide bonds. The number of anilines is 1. The van der Waals surface area contributed by atoms with Crippen LogP contribution in [0.2, 0.25) is 0 Å². The van der Waals surface area contributed by atoms with Gasteiger partial charge in [-0.3, -0.25) is 4.79 Å². The molecule has 4 rings (SSSR count). The number of rotatable bonds is 6. The standard InChI is InChI=1S/C22H16F3N3OS/c1-2-30-28-18-8-7-17(24)19(20(18)25)21(29)16-11-27-22-15(16)9-13(10-26-22)12-3-5-14(23)6-4-12/h3-11,28H,2H2,1H3,(H,26,27). The molecule has 2 N–H and O–H groups in total. The zero-order valence-electron chi connectivity index (χ0n) is 15.8. The molecule has 152 valence electrons. The maximum absolute atomic E-state index is 14.9. The van der Waals surface area contributed by atoms with Crippen LogP contribution < -0.4 is 4.72 Å². The fraction of sp³-hybridized carbons (Fsp3) is 0.0909. The van der Waals surface area contributed by atoms with Crippen LogP contribution in [0.25, 0.3) is 22.2 Å². The third-order valence-corrected chi connectivity index (χ3v) is 5.25. The van der Waals surface area contributed by atoms with Crippen molar-refractivity contribution in [2.24, 2.45) is 0 Å². The predicted octanol–water partition coefficient (Wildman–Crippen LogP) is 5.96. The molecule has 2 aromatic carbocycles.